The molecule has 1 aromatic heterocycles. The van der Waals surface area contributed by atoms with Crippen LogP contribution in [0.3, 0.4) is 0 Å². The number of hydrogen-bond donors (Lipinski definition) is 1. The van der Waals surface area contributed by atoms with E-state index in [1.165, 1.54) is 11.3 Å². The van der Waals surface area contributed by atoms with Crippen molar-refractivity contribution >= 4 is 28.2 Å². The maximum Gasteiger partial charge on any atom is 0.341 e. The van der Waals surface area contributed by atoms with Crippen molar-refractivity contribution < 1.29 is 23.8 Å². The Bertz CT molecular complexity index is 783. The summed E-state index contributed by atoms with van der Waals surface area (Å²) >= 11 is 1.33. The summed E-state index contributed by atoms with van der Waals surface area (Å²) in [5.41, 5.74) is 0.797. The number of carbonyl (C=O) groups excluding carboxylic acids is 2. The molecule has 0 saturated heterocycles. The topological polar surface area (TPSA) is 73.9 Å². The number of thiophene rings is 1. The molecule has 3 rings (SSSR count). The van der Waals surface area contributed by atoms with Crippen molar-refractivity contribution in [3.8, 4) is 11.5 Å². The predicted octanol–water partition coefficient (Wildman–Crippen LogP) is 3.26. The van der Waals surface area contributed by atoms with Crippen LogP contribution in [0.4, 0.5) is 5.00 Å². The molecule has 7 heteroatoms. The second-order valence-electron chi connectivity index (χ2n) is 5.13. The van der Waals surface area contributed by atoms with Gasteiger partial charge in [0.05, 0.1) is 12.2 Å². The fraction of sp³-hybridized carbons (Fsp3) is 0.294. The highest BCUT2D eigenvalue weighted by Gasteiger charge is 2.20. The average molecular weight is 347 g/mol. The maximum absolute atomic E-state index is 12.5. The Hall–Kier alpha value is -2.54. The van der Waals surface area contributed by atoms with Gasteiger partial charge >= 0.3 is 5.97 Å². The molecule has 0 bridgehead atoms. The van der Waals surface area contributed by atoms with E-state index >= 15 is 0 Å². The number of fused-ring (bicyclic) bond motifs is 1. The van der Waals surface area contributed by atoms with Crippen molar-refractivity contribution in [2.75, 3.05) is 25.1 Å². The van der Waals surface area contributed by atoms with Crippen LogP contribution < -0.4 is 14.8 Å². The number of ether oxygens (including phenoxy) is 3. The Morgan fingerprint density at radius 3 is 2.71 bits per heavy atom. The lowest BCUT2D eigenvalue weighted by molar-refractivity contribution is 0.0528. The number of nitrogens with one attached hydrogen (secondary N) is 1. The number of anilines is 1. The molecule has 1 N–H and O–H groups in total. The van der Waals surface area contributed by atoms with Crippen LogP contribution in [0, 0.1) is 6.92 Å². The summed E-state index contributed by atoms with van der Waals surface area (Å²) in [6.07, 6.45) is 0. The van der Waals surface area contributed by atoms with Crippen LogP contribution in [0.2, 0.25) is 0 Å². The minimum absolute atomic E-state index is 0.281. The molecule has 1 aromatic carbocycles. The third kappa shape index (κ3) is 3.35. The molecule has 6 nitrogen and oxygen atoms in total. The minimum atomic E-state index is -0.445. The summed E-state index contributed by atoms with van der Waals surface area (Å²) in [6.45, 7) is 4.84. The molecule has 0 fully saturated rings. The first-order chi connectivity index (χ1) is 11.6. The highest BCUT2D eigenvalue weighted by atomic mass is 32.1. The van der Waals surface area contributed by atoms with Crippen molar-refractivity contribution in [3.05, 3.63) is 40.3 Å². The Morgan fingerprint density at radius 1 is 1.21 bits per heavy atom. The zero-order valence-electron chi connectivity index (χ0n) is 13.4. The SMILES string of the molecule is CCOC(=O)c1cc(C)sc1NC(=O)c1ccc2c(c1)OCCO2. The second-order valence-corrected chi connectivity index (χ2v) is 6.39. The molecule has 0 saturated carbocycles. The number of esters is 1. The standard InChI is InChI=1S/C17H17NO5S/c1-3-21-17(20)12-8-10(2)24-16(12)18-15(19)11-4-5-13-14(9-11)23-7-6-22-13/h4-5,8-9H,3,6-7H2,1-2H3,(H,18,19). The first kappa shape index (κ1) is 16.3. The Kier molecular flexibility index (Phi) is 4.71. The summed E-state index contributed by atoms with van der Waals surface area (Å²) in [6, 6.07) is 6.71. The van der Waals surface area contributed by atoms with Crippen LogP contribution in [0.1, 0.15) is 32.5 Å². The summed E-state index contributed by atoms with van der Waals surface area (Å²) in [7, 11) is 0. The summed E-state index contributed by atoms with van der Waals surface area (Å²) in [5.74, 6) is 0.401. The number of rotatable bonds is 4. The molecule has 0 unspecified atom stereocenters. The normalized spacial score (nSPS) is 12.6. The second kappa shape index (κ2) is 6.92. The third-order valence-corrected chi connectivity index (χ3v) is 4.35. The monoisotopic (exact) mass is 347 g/mol. The van der Waals surface area contributed by atoms with E-state index in [0.717, 1.165) is 4.88 Å². The molecule has 0 atom stereocenters. The molecule has 1 aliphatic heterocycles. The van der Waals surface area contributed by atoms with Crippen LogP contribution in [0.5, 0.6) is 11.5 Å². The van der Waals surface area contributed by atoms with Crippen LogP contribution >= 0.6 is 11.3 Å². The molecule has 126 valence electrons. The van der Waals surface area contributed by atoms with E-state index in [4.69, 9.17) is 14.2 Å². The first-order valence-electron chi connectivity index (χ1n) is 7.57. The van der Waals surface area contributed by atoms with E-state index in [0.29, 0.717) is 40.8 Å². The van der Waals surface area contributed by atoms with Gasteiger partial charge in [0.2, 0.25) is 0 Å². The van der Waals surface area contributed by atoms with Crippen molar-refractivity contribution in [1.82, 2.24) is 0 Å². The van der Waals surface area contributed by atoms with Gasteiger partial charge in [-0.05, 0) is 38.1 Å². The van der Waals surface area contributed by atoms with Gasteiger partial charge in [-0.3, -0.25) is 4.79 Å². The molecule has 0 radical (unpaired) electrons. The van der Waals surface area contributed by atoms with Gasteiger partial charge in [0, 0.05) is 10.4 Å². The van der Waals surface area contributed by atoms with Crippen LogP contribution in [-0.2, 0) is 4.74 Å². The molecule has 1 aliphatic rings. The Morgan fingerprint density at radius 2 is 1.96 bits per heavy atom. The summed E-state index contributed by atoms with van der Waals surface area (Å²) in [5, 5.41) is 3.25. The van der Waals surface area contributed by atoms with E-state index in [-0.39, 0.29) is 12.5 Å². The van der Waals surface area contributed by atoms with Gasteiger partial charge in [0.25, 0.3) is 5.91 Å². The van der Waals surface area contributed by atoms with Gasteiger partial charge in [0.15, 0.2) is 11.5 Å². The lowest BCUT2D eigenvalue weighted by Gasteiger charge is -2.18. The first-order valence-corrected chi connectivity index (χ1v) is 8.38. The van der Waals surface area contributed by atoms with Gasteiger partial charge in [-0.15, -0.1) is 11.3 Å². The summed E-state index contributed by atoms with van der Waals surface area (Å²) in [4.78, 5) is 25.4. The van der Waals surface area contributed by atoms with Gasteiger partial charge in [-0.2, -0.15) is 0 Å². The molecule has 0 aliphatic carbocycles. The Balaban J connectivity index is 1.81. The maximum atomic E-state index is 12.5. The van der Waals surface area contributed by atoms with Crippen LogP contribution in [0.25, 0.3) is 0 Å². The smallest absolute Gasteiger partial charge is 0.341 e. The zero-order chi connectivity index (χ0) is 17.1. The fourth-order valence-corrected chi connectivity index (χ4v) is 3.22. The predicted molar refractivity (Wildman–Crippen MR) is 90.4 cm³/mol. The molecular weight excluding hydrogens is 330 g/mol. The number of hydrogen-bond acceptors (Lipinski definition) is 6. The number of amides is 1. The van der Waals surface area contributed by atoms with Crippen molar-refractivity contribution in [1.29, 1.82) is 0 Å². The van der Waals surface area contributed by atoms with Gasteiger partial charge < -0.3 is 19.5 Å². The van der Waals surface area contributed by atoms with Gasteiger partial charge in [0.1, 0.15) is 18.2 Å². The highest BCUT2D eigenvalue weighted by Crippen LogP contribution is 2.32. The van der Waals surface area contributed by atoms with Gasteiger partial charge in [-0.25, -0.2) is 4.79 Å². The van der Waals surface area contributed by atoms with Gasteiger partial charge in [-0.1, -0.05) is 0 Å². The molecule has 1 amide bonds. The zero-order valence-corrected chi connectivity index (χ0v) is 14.2. The third-order valence-electron chi connectivity index (χ3n) is 3.38. The van der Waals surface area contributed by atoms with E-state index in [2.05, 4.69) is 5.32 Å². The molecule has 24 heavy (non-hydrogen) atoms. The van der Waals surface area contributed by atoms with Crippen molar-refractivity contribution in [3.63, 3.8) is 0 Å². The fourth-order valence-electron chi connectivity index (χ4n) is 2.33. The average Bonchev–Trinajstić information content (AvgIpc) is 2.95. The molecule has 2 heterocycles. The summed E-state index contributed by atoms with van der Waals surface area (Å²) < 4.78 is 16.0. The molecular formula is C17H17NO5S. The van der Waals surface area contributed by atoms with Crippen molar-refractivity contribution in [2.24, 2.45) is 0 Å². The lowest BCUT2D eigenvalue weighted by Crippen LogP contribution is -2.17. The van der Waals surface area contributed by atoms with E-state index in [1.807, 2.05) is 6.92 Å². The number of benzene rings is 1. The van der Waals surface area contributed by atoms with Crippen LogP contribution in [-0.4, -0.2) is 31.7 Å². The highest BCUT2D eigenvalue weighted by molar-refractivity contribution is 7.16. The van der Waals surface area contributed by atoms with E-state index in [1.54, 1.807) is 31.2 Å². The quantitative estimate of drug-likeness (QED) is 0.860. The molecule has 2 aromatic rings. The van der Waals surface area contributed by atoms with E-state index < -0.39 is 5.97 Å². The van der Waals surface area contributed by atoms with Crippen LogP contribution in [0.15, 0.2) is 24.3 Å². The van der Waals surface area contributed by atoms with Crippen molar-refractivity contribution in [2.45, 2.75) is 13.8 Å². The number of aryl methyl sites for hydroxylation is 1. The lowest BCUT2D eigenvalue weighted by atomic mass is 10.2. The number of carbonyl (C=O) groups is 2. The minimum Gasteiger partial charge on any atom is -0.486 e. The Labute approximate surface area is 143 Å². The molecule has 0 spiro atoms. The largest absolute Gasteiger partial charge is 0.486 e. The van der Waals surface area contributed by atoms with E-state index in [9.17, 15) is 9.59 Å².